The summed E-state index contributed by atoms with van der Waals surface area (Å²) < 4.78 is 13.2. The fourth-order valence-corrected chi connectivity index (χ4v) is 4.09. The van der Waals surface area contributed by atoms with Crippen molar-refractivity contribution < 1.29 is 14.0 Å². The fraction of sp³-hybridized carbons (Fsp3) is 0.231. The second kappa shape index (κ2) is 10.2. The lowest BCUT2D eigenvalue weighted by atomic mass is 9.93. The minimum atomic E-state index is -0.487. The molecule has 0 saturated carbocycles. The molecule has 1 atom stereocenters. The van der Waals surface area contributed by atoms with Gasteiger partial charge >= 0.3 is 0 Å². The molecule has 2 amide bonds. The number of hydrogen-bond donors (Lipinski definition) is 2. The Morgan fingerprint density at radius 3 is 1.97 bits per heavy atom. The predicted molar refractivity (Wildman–Crippen MR) is 124 cm³/mol. The lowest BCUT2D eigenvalue weighted by Gasteiger charge is -2.36. The highest BCUT2D eigenvalue weighted by molar-refractivity contribution is 5.95. The van der Waals surface area contributed by atoms with Crippen LogP contribution >= 0.6 is 0 Å². The van der Waals surface area contributed by atoms with Crippen molar-refractivity contribution in [3.05, 3.63) is 96.3 Å². The zero-order chi connectivity index (χ0) is 22.3. The van der Waals surface area contributed by atoms with E-state index in [1.165, 1.54) is 12.1 Å². The highest BCUT2D eigenvalue weighted by Crippen LogP contribution is 2.29. The summed E-state index contributed by atoms with van der Waals surface area (Å²) >= 11 is 0. The van der Waals surface area contributed by atoms with Gasteiger partial charge in [0, 0.05) is 17.3 Å². The number of amides is 2. The van der Waals surface area contributed by atoms with E-state index in [4.69, 9.17) is 0 Å². The van der Waals surface area contributed by atoms with Crippen molar-refractivity contribution >= 4 is 23.2 Å². The largest absolute Gasteiger partial charge is 0.326 e. The molecule has 2 N–H and O–H groups in total. The van der Waals surface area contributed by atoms with Crippen LogP contribution in [0.2, 0.25) is 0 Å². The van der Waals surface area contributed by atoms with Gasteiger partial charge in [-0.05, 0) is 67.9 Å². The third-order valence-electron chi connectivity index (χ3n) is 5.78. The molecular formula is C26H26FN3O2. The standard InChI is InChI=1S/C26H26FN3O2/c27-21-11-13-23(14-12-21)29-26(32)24(19-7-3-1-4-8-19)30-17-15-20(16-18-30)25(31)28-22-9-5-2-6-10-22/h1-14,20,24H,15-18H2,(H,28,31)(H,29,32). The van der Waals surface area contributed by atoms with Gasteiger partial charge in [0.1, 0.15) is 11.9 Å². The van der Waals surface area contributed by atoms with Crippen LogP contribution in [0.15, 0.2) is 84.9 Å². The summed E-state index contributed by atoms with van der Waals surface area (Å²) in [5.74, 6) is -0.598. The van der Waals surface area contributed by atoms with E-state index in [9.17, 15) is 14.0 Å². The summed E-state index contributed by atoms with van der Waals surface area (Å²) in [6.45, 7) is 1.26. The molecule has 1 heterocycles. The van der Waals surface area contributed by atoms with E-state index in [0.717, 1.165) is 11.3 Å². The number of piperidine rings is 1. The molecule has 4 rings (SSSR count). The van der Waals surface area contributed by atoms with Crippen molar-refractivity contribution in [1.29, 1.82) is 0 Å². The first-order chi connectivity index (χ1) is 15.6. The molecule has 0 radical (unpaired) electrons. The van der Waals surface area contributed by atoms with Crippen LogP contribution < -0.4 is 10.6 Å². The number of likely N-dealkylation sites (tertiary alicyclic amines) is 1. The molecule has 3 aromatic rings. The minimum Gasteiger partial charge on any atom is -0.326 e. The molecular weight excluding hydrogens is 405 g/mol. The lowest BCUT2D eigenvalue weighted by Crippen LogP contribution is -2.44. The Morgan fingerprint density at radius 1 is 0.781 bits per heavy atom. The third-order valence-corrected chi connectivity index (χ3v) is 5.78. The number of nitrogens with zero attached hydrogens (tertiary/aromatic N) is 1. The maximum absolute atomic E-state index is 13.2. The van der Waals surface area contributed by atoms with E-state index in [0.29, 0.717) is 31.6 Å². The summed E-state index contributed by atoms with van der Waals surface area (Å²) in [4.78, 5) is 28.0. The van der Waals surface area contributed by atoms with Gasteiger partial charge in [0.15, 0.2) is 0 Å². The van der Waals surface area contributed by atoms with Gasteiger partial charge in [0.25, 0.3) is 0 Å². The number of carbonyl (C=O) groups excluding carboxylic acids is 2. The summed E-state index contributed by atoms with van der Waals surface area (Å²) in [5.41, 5.74) is 2.23. The average molecular weight is 432 g/mol. The van der Waals surface area contributed by atoms with Crippen molar-refractivity contribution in [1.82, 2.24) is 4.90 Å². The third kappa shape index (κ3) is 5.39. The zero-order valence-electron chi connectivity index (χ0n) is 17.7. The smallest absolute Gasteiger partial charge is 0.246 e. The molecule has 0 spiro atoms. The average Bonchev–Trinajstić information content (AvgIpc) is 2.82. The number of anilines is 2. The maximum Gasteiger partial charge on any atom is 0.246 e. The predicted octanol–water partition coefficient (Wildman–Crippen LogP) is 4.86. The Labute approximate surface area is 187 Å². The first-order valence-corrected chi connectivity index (χ1v) is 10.8. The summed E-state index contributed by atoms with van der Waals surface area (Å²) in [7, 11) is 0. The van der Waals surface area contributed by atoms with E-state index in [1.807, 2.05) is 60.7 Å². The Hall–Kier alpha value is -3.51. The van der Waals surface area contributed by atoms with Crippen LogP contribution in [0, 0.1) is 11.7 Å². The normalized spacial score (nSPS) is 15.7. The highest BCUT2D eigenvalue weighted by atomic mass is 19.1. The monoisotopic (exact) mass is 431 g/mol. The van der Waals surface area contributed by atoms with Gasteiger partial charge in [-0.25, -0.2) is 4.39 Å². The van der Waals surface area contributed by atoms with Gasteiger partial charge in [-0.15, -0.1) is 0 Å². The van der Waals surface area contributed by atoms with Crippen LogP contribution in [0.25, 0.3) is 0 Å². The van der Waals surface area contributed by atoms with Crippen LogP contribution in [-0.4, -0.2) is 29.8 Å². The Morgan fingerprint density at radius 2 is 1.34 bits per heavy atom. The molecule has 0 aromatic heterocycles. The minimum absolute atomic E-state index is 0.0166. The fourth-order valence-electron chi connectivity index (χ4n) is 4.09. The maximum atomic E-state index is 13.2. The Kier molecular flexibility index (Phi) is 6.92. The van der Waals surface area contributed by atoms with E-state index in [2.05, 4.69) is 15.5 Å². The molecule has 0 aliphatic carbocycles. The molecule has 1 unspecified atom stereocenters. The molecule has 1 aliphatic heterocycles. The molecule has 32 heavy (non-hydrogen) atoms. The summed E-state index contributed by atoms with van der Waals surface area (Å²) in [6.07, 6.45) is 1.34. The second-order valence-electron chi connectivity index (χ2n) is 7.97. The van der Waals surface area contributed by atoms with E-state index >= 15 is 0 Å². The first-order valence-electron chi connectivity index (χ1n) is 10.8. The van der Waals surface area contributed by atoms with E-state index < -0.39 is 6.04 Å². The number of carbonyl (C=O) groups is 2. The molecule has 6 heteroatoms. The number of para-hydroxylation sites is 1. The Bertz CT molecular complexity index is 1030. The summed E-state index contributed by atoms with van der Waals surface area (Å²) in [5, 5.41) is 5.89. The van der Waals surface area contributed by atoms with Crippen LogP contribution in [-0.2, 0) is 9.59 Å². The molecule has 3 aromatic carbocycles. The summed E-state index contributed by atoms with van der Waals surface area (Å²) in [6, 6.07) is 24.3. The van der Waals surface area contributed by atoms with Gasteiger partial charge in [-0.1, -0.05) is 48.5 Å². The number of hydrogen-bond acceptors (Lipinski definition) is 3. The zero-order valence-corrected chi connectivity index (χ0v) is 17.7. The highest BCUT2D eigenvalue weighted by Gasteiger charge is 2.33. The van der Waals surface area contributed by atoms with Crippen LogP contribution in [0.5, 0.6) is 0 Å². The van der Waals surface area contributed by atoms with E-state index in [-0.39, 0.29) is 23.5 Å². The first kappa shape index (κ1) is 21.7. The van der Waals surface area contributed by atoms with Gasteiger partial charge < -0.3 is 10.6 Å². The van der Waals surface area contributed by atoms with Crippen molar-refractivity contribution in [2.75, 3.05) is 23.7 Å². The van der Waals surface area contributed by atoms with Crippen molar-refractivity contribution in [2.24, 2.45) is 5.92 Å². The van der Waals surface area contributed by atoms with Gasteiger partial charge in [-0.3, -0.25) is 14.5 Å². The van der Waals surface area contributed by atoms with Gasteiger partial charge in [-0.2, -0.15) is 0 Å². The number of nitrogens with one attached hydrogen (secondary N) is 2. The molecule has 164 valence electrons. The molecule has 0 bridgehead atoms. The SMILES string of the molecule is O=C(Nc1ccccc1)C1CCN(C(C(=O)Nc2ccc(F)cc2)c2ccccc2)CC1. The molecule has 1 fully saturated rings. The molecule has 1 saturated heterocycles. The number of rotatable bonds is 6. The quantitative estimate of drug-likeness (QED) is 0.586. The van der Waals surface area contributed by atoms with Gasteiger partial charge in [0.05, 0.1) is 0 Å². The Balaban J connectivity index is 1.44. The van der Waals surface area contributed by atoms with Crippen molar-refractivity contribution in [3.63, 3.8) is 0 Å². The second-order valence-corrected chi connectivity index (χ2v) is 7.97. The molecule has 1 aliphatic rings. The van der Waals surface area contributed by atoms with Crippen molar-refractivity contribution in [2.45, 2.75) is 18.9 Å². The molecule has 5 nitrogen and oxygen atoms in total. The van der Waals surface area contributed by atoms with Crippen LogP contribution in [0.3, 0.4) is 0 Å². The number of benzene rings is 3. The van der Waals surface area contributed by atoms with E-state index in [1.54, 1.807) is 12.1 Å². The van der Waals surface area contributed by atoms with Crippen LogP contribution in [0.1, 0.15) is 24.4 Å². The lowest BCUT2D eigenvalue weighted by molar-refractivity contribution is -0.124. The van der Waals surface area contributed by atoms with Gasteiger partial charge in [0.2, 0.25) is 11.8 Å². The van der Waals surface area contributed by atoms with Crippen molar-refractivity contribution in [3.8, 4) is 0 Å². The number of halogens is 1. The topological polar surface area (TPSA) is 61.4 Å². The van der Waals surface area contributed by atoms with Crippen LogP contribution in [0.4, 0.5) is 15.8 Å².